The summed E-state index contributed by atoms with van der Waals surface area (Å²) in [7, 11) is 0. The summed E-state index contributed by atoms with van der Waals surface area (Å²) in [6.07, 6.45) is 2.37. The molecule has 0 spiro atoms. The molecular formula is C10H12Cl2N2. The number of halogens is 2. The van der Waals surface area contributed by atoms with E-state index in [2.05, 4.69) is 10.3 Å². The Morgan fingerprint density at radius 3 is 2.86 bits per heavy atom. The van der Waals surface area contributed by atoms with E-state index in [1.165, 1.54) is 12.8 Å². The molecule has 1 atom stereocenters. The fraction of sp³-hybridized carbons (Fsp3) is 0.500. The zero-order valence-electron chi connectivity index (χ0n) is 7.76. The van der Waals surface area contributed by atoms with E-state index in [-0.39, 0.29) is 0 Å². The molecule has 4 heteroatoms. The Hall–Kier alpha value is -0.310. The van der Waals surface area contributed by atoms with E-state index in [0.29, 0.717) is 16.2 Å². The molecule has 1 N–H and O–H groups in total. The third kappa shape index (κ3) is 2.19. The standard InChI is InChI=1S/C10H12Cl2N2/c11-9-4-3-8(10(12)14-9)7-2-1-5-13-6-7/h3-4,7,13H,1-2,5-6H2/t7-/m1/s1. The van der Waals surface area contributed by atoms with Gasteiger partial charge in [0.25, 0.3) is 0 Å². The summed E-state index contributed by atoms with van der Waals surface area (Å²) >= 11 is 11.8. The molecule has 0 aliphatic carbocycles. The molecule has 2 rings (SSSR count). The molecule has 0 unspecified atom stereocenters. The first-order valence-electron chi connectivity index (χ1n) is 4.80. The molecule has 1 aliphatic rings. The third-order valence-electron chi connectivity index (χ3n) is 2.58. The average molecular weight is 231 g/mol. The van der Waals surface area contributed by atoms with Gasteiger partial charge < -0.3 is 5.32 Å². The van der Waals surface area contributed by atoms with E-state index in [9.17, 15) is 0 Å². The van der Waals surface area contributed by atoms with Crippen LogP contribution in [0.25, 0.3) is 0 Å². The second-order valence-corrected chi connectivity index (χ2v) is 4.30. The van der Waals surface area contributed by atoms with Crippen LogP contribution in [0, 0.1) is 0 Å². The number of hydrogen-bond donors (Lipinski definition) is 1. The summed E-state index contributed by atoms with van der Waals surface area (Å²) in [6, 6.07) is 3.78. The van der Waals surface area contributed by atoms with Crippen LogP contribution in [0.1, 0.15) is 24.3 Å². The Morgan fingerprint density at radius 2 is 2.21 bits per heavy atom. The number of pyridine rings is 1. The monoisotopic (exact) mass is 230 g/mol. The van der Waals surface area contributed by atoms with Crippen molar-refractivity contribution in [2.24, 2.45) is 0 Å². The lowest BCUT2D eigenvalue weighted by atomic mass is 9.93. The predicted molar refractivity (Wildman–Crippen MR) is 59.1 cm³/mol. The fourth-order valence-corrected chi connectivity index (χ4v) is 2.34. The van der Waals surface area contributed by atoms with Crippen molar-refractivity contribution in [1.82, 2.24) is 10.3 Å². The quantitative estimate of drug-likeness (QED) is 0.751. The molecule has 1 aliphatic heterocycles. The van der Waals surface area contributed by atoms with Crippen molar-refractivity contribution in [2.75, 3.05) is 13.1 Å². The molecule has 0 aromatic carbocycles. The maximum Gasteiger partial charge on any atom is 0.134 e. The van der Waals surface area contributed by atoms with Crippen molar-refractivity contribution in [3.05, 3.63) is 28.0 Å². The summed E-state index contributed by atoms with van der Waals surface area (Å²) in [5.41, 5.74) is 1.11. The van der Waals surface area contributed by atoms with Crippen molar-refractivity contribution < 1.29 is 0 Å². The van der Waals surface area contributed by atoms with Gasteiger partial charge in [0.1, 0.15) is 10.3 Å². The zero-order chi connectivity index (χ0) is 9.97. The molecule has 2 heterocycles. The number of rotatable bonds is 1. The molecule has 76 valence electrons. The minimum Gasteiger partial charge on any atom is -0.316 e. The first-order valence-corrected chi connectivity index (χ1v) is 5.55. The molecule has 0 saturated carbocycles. The van der Waals surface area contributed by atoms with Crippen LogP contribution in [-0.4, -0.2) is 18.1 Å². The van der Waals surface area contributed by atoms with E-state index in [0.717, 1.165) is 18.7 Å². The smallest absolute Gasteiger partial charge is 0.134 e. The van der Waals surface area contributed by atoms with Gasteiger partial charge in [-0.15, -0.1) is 0 Å². The Bertz CT molecular complexity index is 322. The zero-order valence-corrected chi connectivity index (χ0v) is 9.28. The summed E-state index contributed by atoms with van der Waals surface area (Å²) < 4.78 is 0. The Kier molecular flexibility index (Phi) is 3.26. The highest BCUT2D eigenvalue weighted by molar-refractivity contribution is 6.32. The summed E-state index contributed by atoms with van der Waals surface area (Å²) in [5.74, 6) is 0.487. The van der Waals surface area contributed by atoms with Crippen molar-refractivity contribution in [3.8, 4) is 0 Å². The van der Waals surface area contributed by atoms with Crippen LogP contribution in [0.4, 0.5) is 0 Å². The Labute approximate surface area is 93.6 Å². The van der Waals surface area contributed by atoms with Gasteiger partial charge in [-0.05, 0) is 36.9 Å². The summed E-state index contributed by atoms with van der Waals surface area (Å²) in [5, 5.41) is 4.36. The number of hydrogen-bond acceptors (Lipinski definition) is 2. The Morgan fingerprint density at radius 1 is 1.36 bits per heavy atom. The molecule has 1 aromatic rings. The van der Waals surface area contributed by atoms with Crippen LogP contribution < -0.4 is 5.32 Å². The van der Waals surface area contributed by atoms with E-state index in [1.807, 2.05) is 6.07 Å². The lowest BCUT2D eigenvalue weighted by Crippen LogP contribution is -2.28. The average Bonchev–Trinajstić information content (AvgIpc) is 2.19. The highest BCUT2D eigenvalue weighted by Gasteiger charge is 2.18. The van der Waals surface area contributed by atoms with E-state index in [4.69, 9.17) is 23.2 Å². The number of aromatic nitrogens is 1. The third-order valence-corrected chi connectivity index (χ3v) is 3.09. The first-order chi connectivity index (χ1) is 6.77. The minimum absolute atomic E-state index is 0.461. The molecule has 0 radical (unpaired) electrons. The van der Waals surface area contributed by atoms with Gasteiger partial charge in [0.2, 0.25) is 0 Å². The van der Waals surface area contributed by atoms with Gasteiger partial charge in [0, 0.05) is 6.54 Å². The van der Waals surface area contributed by atoms with Gasteiger partial charge in [-0.3, -0.25) is 0 Å². The van der Waals surface area contributed by atoms with Crippen LogP contribution in [0.5, 0.6) is 0 Å². The van der Waals surface area contributed by atoms with Gasteiger partial charge in [0.05, 0.1) is 0 Å². The van der Waals surface area contributed by atoms with Gasteiger partial charge >= 0.3 is 0 Å². The molecule has 0 amide bonds. The molecule has 1 aromatic heterocycles. The Balaban J connectivity index is 2.22. The van der Waals surface area contributed by atoms with E-state index >= 15 is 0 Å². The maximum atomic E-state index is 6.04. The first kappa shape index (κ1) is 10.2. The van der Waals surface area contributed by atoms with Gasteiger partial charge in [0.15, 0.2) is 0 Å². The van der Waals surface area contributed by atoms with Crippen molar-refractivity contribution in [2.45, 2.75) is 18.8 Å². The fourth-order valence-electron chi connectivity index (χ4n) is 1.84. The highest BCUT2D eigenvalue weighted by atomic mass is 35.5. The summed E-state index contributed by atoms with van der Waals surface area (Å²) in [4.78, 5) is 4.05. The van der Waals surface area contributed by atoms with Crippen LogP contribution in [-0.2, 0) is 0 Å². The summed E-state index contributed by atoms with van der Waals surface area (Å²) in [6.45, 7) is 2.10. The van der Waals surface area contributed by atoms with Gasteiger partial charge in [-0.25, -0.2) is 4.98 Å². The number of piperidine rings is 1. The largest absolute Gasteiger partial charge is 0.316 e. The molecule has 2 nitrogen and oxygen atoms in total. The second-order valence-electron chi connectivity index (χ2n) is 3.56. The van der Waals surface area contributed by atoms with Crippen LogP contribution >= 0.6 is 23.2 Å². The molecular weight excluding hydrogens is 219 g/mol. The molecule has 1 fully saturated rings. The number of nitrogens with one attached hydrogen (secondary N) is 1. The van der Waals surface area contributed by atoms with E-state index < -0.39 is 0 Å². The van der Waals surface area contributed by atoms with Crippen molar-refractivity contribution >= 4 is 23.2 Å². The van der Waals surface area contributed by atoms with Crippen molar-refractivity contribution in [1.29, 1.82) is 0 Å². The second kappa shape index (κ2) is 4.47. The molecule has 0 bridgehead atoms. The lowest BCUT2D eigenvalue weighted by molar-refractivity contribution is 0.461. The maximum absolute atomic E-state index is 6.04. The lowest BCUT2D eigenvalue weighted by Gasteiger charge is -2.23. The SMILES string of the molecule is Clc1ccc([C@@H]2CCCNC2)c(Cl)n1. The van der Waals surface area contributed by atoms with Crippen LogP contribution in [0.3, 0.4) is 0 Å². The van der Waals surface area contributed by atoms with Crippen LogP contribution in [0.15, 0.2) is 12.1 Å². The minimum atomic E-state index is 0.461. The topological polar surface area (TPSA) is 24.9 Å². The molecule has 1 saturated heterocycles. The predicted octanol–water partition coefficient (Wildman–Crippen LogP) is 2.86. The normalized spacial score (nSPS) is 22.3. The van der Waals surface area contributed by atoms with Gasteiger partial charge in [-0.2, -0.15) is 0 Å². The van der Waals surface area contributed by atoms with Crippen molar-refractivity contribution in [3.63, 3.8) is 0 Å². The van der Waals surface area contributed by atoms with Crippen LogP contribution in [0.2, 0.25) is 10.3 Å². The number of nitrogens with zero attached hydrogens (tertiary/aromatic N) is 1. The highest BCUT2D eigenvalue weighted by Crippen LogP contribution is 2.28. The van der Waals surface area contributed by atoms with E-state index in [1.54, 1.807) is 6.07 Å². The molecule has 14 heavy (non-hydrogen) atoms. The van der Waals surface area contributed by atoms with Gasteiger partial charge in [-0.1, -0.05) is 29.3 Å².